The van der Waals surface area contributed by atoms with Gasteiger partial charge in [-0.25, -0.2) is 4.79 Å². The molecule has 0 bridgehead atoms. The summed E-state index contributed by atoms with van der Waals surface area (Å²) in [5.41, 5.74) is 8.08. The van der Waals surface area contributed by atoms with Crippen LogP contribution in [0, 0.1) is 6.92 Å². The molecular weight excluding hydrogens is 428 g/mol. The van der Waals surface area contributed by atoms with Gasteiger partial charge in [0.15, 0.2) is 0 Å². The highest BCUT2D eigenvalue weighted by Gasteiger charge is 2.21. The lowest BCUT2D eigenvalue weighted by Crippen LogP contribution is -2.33. The van der Waals surface area contributed by atoms with Gasteiger partial charge in [0, 0.05) is 36.1 Å². The molecule has 0 fully saturated rings. The molecule has 178 valence electrons. The van der Waals surface area contributed by atoms with E-state index in [9.17, 15) is 4.79 Å². The SMILES string of the molecule is CCCCC1=C(/C(CNC(=O)Nc2sc3c(c2C)CCCC3)=C(\C)n2cccc2)CCNC1. The first-order chi connectivity index (χ1) is 16.1. The number of nitrogens with zero attached hydrogens (tertiary/aromatic N) is 1. The molecule has 0 aromatic carbocycles. The standard InChI is InChI=1S/C27H38N4OS/c1-4-5-10-21-17-28-14-13-23(21)24(20(3)31-15-8-9-16-31)18-29-27(32)30-26-19(2)22-11-6-7-12-25(22)33-26/h8-9,15-16,28H,4-7,10-14,17-18H2,1-3H3,(H2,29,30,32)/b24-20+. The van der Waals surface area contributed by atoms with Crippen molar-refractivity contribution >= 4 is 28.1 Å². The number of unbranched alkanes of at least 4 members (excludes halogenated alkanes) is 1. The van der Waals surface area contributed by atoms with Gasteiger partial charge in [-0.2, -0.15) is 0 Å². The van der Waals surface area contributed by atoms with Crippen molar-refractivity contribution in [3.8, 4) is 0 Å². The second-order valence-electron chi connectivity index (χ2n) is 9.24. The number of aromatic nitrogens is 1. The summed E-state index contributed by atoms with van der Waals surface area (Å²) in [6.07, 6.45) is 13.5. The van der Waals surface area contributed by atoms with Crippen LogP contribution in [0.4, 0.5) is 9.80 Å². The molecule has 0 atom stereocenters. The Morgan fingerprint density at radius 3 is 2.73 bits per heavy atom. The minimum Gasteiger partial charge on any atom is -0.334 e. The van der Waals surface area contributed by atoms with Crippen LogP contribution in [0.1, 0.15) is 68.4 Å². The molecule has 2 aromatic rings. The second kappa shape index (κ2) is 11.2. The van der Waals surface area contributed by atoms with Gasteiger partial charge in [-0.1, -0.05) is 18.9 Å². The fourth-order valence-electron chi connectivity index (χ4n) is 5.06. The first-order valence-electron chi connectivity index (χ1n) is 12.5. The fraction of sp³-hybridized carbons (Fsp3) is 0.519. The Hall–Kier alpha value is -2.31. The molecule has 0 spiro atoms. The van der Waals surface area contributed by atoms with Crippen LogP contribution in [0.25, 0.3) is 5.70 Å². The summed E-state index contributed by atoms with van der Waals surface area (Å²) >= 11 is 1.76. The number of allylic oxidation sites excluding steroid dienone is 1. The highest BCUT2D eigenvalue weighted by atomic mass is 32.1. The molecular formula is C27H38N4OS. The lowest BCUT2D eigenvalue weighted by atomic mass is 9.90. The summed E-state index contributed by atoms with van der Waals surface area (Å²) < 4.78 is 2.17. The number of carbonyl (C=O) groups is 1. The predicted octanol–water partition coefficient (Wildman–Crippen LogP) is 6.27. The van der Waals surface area contributed by atoms with E-state index in [4.69, 9.17) is 0 Å². The van der Waals surface area contributed by atoms with Crippen LogP contribution in [0.15, 0.2) is 41.2 Å². The van der Waals surface area contributed by atoms with Crippen molar-refractivity contribution in [1.29, 1.82) is 0 Å². The van der Waals surface area contributed by atoms with Crippen molar-refractivity contribution in [2.45, 2.75) is 72.1 Å². The highest BCUT2D eigenvalue weighted by molar-refractivity contribution is 7.16. The van der Waals surface area contributed by atoms with Gasteiger partial charge < -0.3 is 15.2 Å². The van der Waals surface area contributed by atoms with Crippen molar-refractivity contribution in [3.63, 3.8) is 0 Å². The van der Waals surface area contributed by atoms with Crippen molar-refractivity contribution < 1.29 is 4.79 Å². The van der Waals surface area contributed by atoms with Gasteiger partial charge in [-0.05, 0) is 99.7 Å². The summed E-state index contributed by atoms with van der Waals surface area (Å²) in [6.45, 7) is 9.03. The molecule has 5 nitrogen and oxygen atoms in total. The average Bonchev–Trinajstić information content (AvgIpc) is 3.47. The lowest BCUT2D eigenvalue weighted by Gasteiger charge is -2.26. The quantitative estimate of drug-likeness (QED) is 0.429. The maximum atomic E-state index is 13.0. The normalized spacial score (nSPS) is 16.9. The van der Waals surface area contributed by atoms with Crippen molar-refractivity contribution in [2.75, 3.05) is 25.0 Å². The molecule has 2 aliphatic rings. The highest BCUT2D eigenvalue weighted by Crippen LogP contribution is 2.37. The van der Waals surface area contributed by atoms with E-state index in [2.05, 4.69) is 65.8 Å². The molecule has 1 aliphatic carbocycles. The summed E-state index contributed by atoms with van der Waals surface area (Å²) in [6, 6.07) is 3.99. The largest absolute Gasteiger partial charge is 0.334 e. The lowest BCUT2D eigenvalue weighted by molar-refractivity contribution is 0.253. The van der Waals surface area contributed by atoms with E-state index in [1.54, 1.807) is 11.3 Å². The molecule has 3 N–H and O–H groups in total. The van der Waals surface area contributed by atoms with E-state index < -0.39 is 0 Å². The Kier molecular flexibility index (Phi) is 8.10. The minimum absolute atomic E-state index is 0.112. The van der Waals surface area contributed by atoms with Crippen molar-refractivity contribution in [3.05, 3.63) is 57.2 Å². The van der Waals surface area contributed by atoms with Crippen molar-refractivity contribution in [2.24, 2.45) is 0 Å². The number of thiophene rings is 1. The third kappa shape index (κ3) is 5.61. The van der Waals surface area contributed by atoms with Gasteiger partial charge in [0.2, 0.25) is 0 Å². The zero-order valence-corrected chi connectivity index (χ0v) is 21.2. The van der Waals surface area contributed by atoms with Gasteiger partial charge >= 0.3 is 6.03 Å². The minimum atomic E-state index is -0.112. The summed E-state index contributed by atoms with van der Waals surface area (Å²) in [5.74, 6) is 0. The number of hydrogen-bond donors (Lipinski definition) is 3. The van der Waals surface area contributed by atoms with Crippen molar-refractivity contribution in [1.82, 2.24) is 15.2 Å². The van der Waals surface area contributed by atoms with E-state index in [-0.39, 0.29) is 6.03 Å². The number of aryl methyl sites for hydroxylation is 1. The molecule has 6 heteroatoms. The molecule has 2 amide bonds. The smallest absolute Gasteiger partial charge is 0.320 e. The summed E-state index contributed by atoms with van der Waals surface area (Å²) in [4.78, 5) is 14.4. The number of fused-ring (bicyclic) bond motifs is 1. The fourth-order valence-corrected chi connectivity index (χ4v) is 6.35. The third-order valence-corrected chi connectivity index (χ3v) is 8.34. The van der Waals surface area contributed by atoms with Crippen LogP contribution in [-0.4, -0.2) is 30.2 Å². The Balaban J connectivity index is 1.54. The van der Waals surface area contributed by atoms with Gasteiger partial charge in [0.05, 0.1) is 5.00 Å². The van der Waals surface area contributed by atoms with Crippen LogP contribution < -0.4 is 16.0 Å². The molecule has 0 unspecified atom stereocenters. The summed E-state index contributed by atoms with van der Waals surface area (Å²) in [5, 5.41) is 10.9. The number of nitrogens with one attached hydrogen (secondary N) is 3. The Morgan fingerprint density at radius 2 is 1.97 bits per heavy atom. The van der Waals surface area contributed by atoms with E-state index in [1.807, 2.05) is 0 Å². The first-order valence-corrected chi connectivity index (χ1v) is 13.3. The summed E-state index contributed by atoms with van der Waals surface area (Å²) in [7, 11) is 0. The number of hydrogen-bond acceptors (Lipinski definition) is 3. The van der Waals surface area contributed by atoms with E-state index in [0.717, 1.165) is 43.8 Å². The van der Waals surface area contributed by atoms with Crippen LogP contribution >= 0.6 is 11.3 Å². The first kappa shape index (κ1) is 23.8. The molecule has 0 saturated carbocycles. The molecule has 0 saturated heterocycles. The number of amides is 2. The molecule has 2 aromatic heterocycles. The molecule has 4 rings (SSSR count). The number of rotatable bonds is 8. The number of carbonyl (C=O) groups excluding carboxylic acids is 1. The van der Waals surface area contributed by atoms with Gasteiger partial charge in [0.25, 0.3) is 0 Å². The number of anilines is 1. The van der Waals surface area contributed by atoms with Gasteiger partial charge in [-0.3, -0.25) is 5.32 Å². The molecule has 1 aliphatic heterocycles. The monoisotopic (exact) mass is 466 g/mol. The number of urea groups is 1. The zero-order chi connectivity index (χ0) is 23.2. The van der Waals surface area contributed by atoms with Crippen LogP contribution in [-0.2, 0) is 12.8 Å². The third-order valence-electron chi connectivity index (χ3n) is 7.03. The van der Waals surface area contributed by atoms with Crippen LogP contribution in [0.2, 0.25) is 0 Å². The average molecular weight is 467 g/mol. The van der Waals surface area contributed by atoms with Crippen LogP contribution in [0.3, 0.4) is 0 Å². The molecule has 0 radical (unpaired) electrons. The Morgan fingerprint density at radius 1 is 1.18 bits per heavy atom. The predicted molar refractivity (Wildman–Crippen MR) is 140 cm³/mol. The van der Waals surface area contributed by atoms with E-state index >= 15 is 0 Å². The van der Waals surface area contributed by atoms with Gasteiger partial charge in [-0.15, -0.1) is 11.3 Å². The molecule has 3 heterocycles. The van der Waals surface area contributed by atoms with Crippen LogP contribution in [0.5, 0.6) is 0 Å². The van der Waals surface area contributed by atoms with Gasteiger partial charge in [0.1, 0.15) is 0 Å². The Labute approximate surface area is 202 Å². The second-order valence-corrected chi connectivity index (χ2v) is 10.3. The topological polar surface area (TPSA) is 58.1 Å². The zero-order valence-electron chi connectivity index (χ0n) is 20.4. The maximum Gasteiger partial charge on any atom is 0.320 e. The maximum absolute atomic E-state index is 13.0. The van der Waals surface area contributed by atoms with E-state index in [0.29, 0.717) is 6.54 Å². The Bertz CT molecular complexity index is 1030. The molecule has 33 heavy (non-hydrogen) atoms. The van der Waals surface area contributed by atoms with E-state index in [1.165, 1.54) is 64.1 Å².